The second-order valence-corrected chi connectivity index (χ2v) is 4.14. The molecular formula is C10H12INO3. The number of hydrogen-bond acceptors (Lipinski definition) is 2. The lowest BCUT2D eigenvalue weighted by atomic mass is 10.3. The first-order valence-electron chi connectivity index (χ1n) is 4.53. The second kappa shape index (κ2) is 6.49. The maximum Gasteiger partial charge on any atom is 0.404 e. The van der Waals surface area contributed by atoms with Gasteiger partial charge in [-0.2, -0.15) is 0 Å². The Morgan fingerprint density at radius 1 is 1.53 bits per heavy atom. The zero-order valence-electron chi connectivity index (χ0n) is 8.07. The number of carboxylic acid groups (broad SMARTS) is 1. The van der Waals surface area contributed by atoms with E-state index in [1.54, 1.807) is 0 Å². The van der Waals surface area contributed by atoms with Crippen LogP contribution in [0.4, 0.5) is 4.79 Å². The van der Waals surface area contributed by atoms with Crippen molar-refractivity contribution in [1.29, 1.82) is 0 Å². The smallest absolute Gasteiger partial charge is 0.404 e. The Bertz CT molecular complexity index is 330. The van der Waals surface area contributed by atoms with Crippen LogP contribution in [-0.2, 0) is 0 Å². The Hall–Kier alpha value is -0.980. The summed E-state index contributed by atoms with van der Waals surface area (Å²) in [5.41, 5.74) is 0. The molecule has 0 aromatic heterocycles. The van der Waals surface area contributed by atoms with Gasteiger partial charge in [-0.05, 0) is 47.2 Å². The van der Waals surface area contributed by atoms with Crippen LogP contribution >= 0.6 is 22.6 Å². The highest BCUT2D eigenvalue weighted by Crippen LogP contribution is 2.14. The van der Waals surface area contributed by atoms with Crippen LogP contribution in [0.25, 0.3) is 0 Å². The van der Waals surface area contributed by atoms with Crippen LogP contribution < -0.4 is 10.1 Å². The largest absolute Gasteiger partial charge is 0.493 e. The average Bonchev–Trinajstić information content (AvgIpc) is 2.17. The Labute approximate surface area is 102 Å². The Morgan fingerprint density at radius 3 is 3.00 bits per heavy atom. The van der Waals surface area contributed by atoms with E-state index < -0.39 is 6.09 Å². The third-order valence-corrected chi connectivity index (χ3v) is 2.33. The molecule has 0 bridgehead atoms. The number of rotatable bonds is 5. The Morgan fingerprint density at radius 2 is 2.33 bits per heavy atom. The van der Waals surface area contributed by atoms with Gasteiger partial charge in [0, 0.05) is 10.1 Å². The van der Waals surface area contributed by atoms with E-state index in [1.807, 2.05) is 24.3 Å². The fraction of sp³-hybridized carbons (Fsp3) is 0.300. The third-order valence-electron chi connectivity index (χ3n) is 1.66. The number of carbonyl (C=O) groups is 1. The van der Waals surface area contributed by atoms with E-state index in [4.69, 9.17) is 9.84 Å². The number of hydrogen-bond donors (Lipinski definition) is 2. The minimum absolute atomic E-state index is 0.416. The molecule has 0 spiro atoms. The van der Waals surface area contributed by atoms with Gasteiger partial charge in [0.05, 0.1) is 6.61 Å². The summed E-state index contributed by atoms with van der Waals surface area (Å²) >= 11 is 2.21. The first-order valence-corrected chi connectivity index (χ1v) is 5.61. The van der Waals surface area contributed by atoms with Crippen molar-refractivity contribution in [2.24, 2.45) is 0 Å². The van der Waals surface area contributed by atoms with Gasteiger partial charge in [-0.25, -0.2) is 4.79 Å². The molecule has 4 nitrogen and oxygen atoms in total. The van der Waals surface area contributed by atoms with E-state index in [1.165, 1.54) is 0 Å². The van der Waals surface area contributed by atoms with E-state index >= 15 is 0 Å². The van der Waals surface area contributed by atoms with Gasteiger partial charge < -0.3 is 15.2 Å². The molecule has 82 valence electrons. The van der Waals surface area contributed by atoms with Gasteiger partial charge in [-0.1, -0.05) is 6.07 Å². The van der Waals surface area contributed by atoms with E-state index in [-0.39, 0.29) is 0 Å². The molecule has 2 N–H and O–H groups in total. The molecule has 0 saturated carbocycles. The molecule has 0 aliphatic heterocycles. The van der Waals surface area contributed by atoms with Crippen LogP contribution in [0.3, 0.4) is 0 Å². The first kappa shape index (κ1) is 12.1. The van der Waals surface area contributed by atoms with Gasteiger partial charge in [0.15, 0.2) is 0 Å². The van der Waals surface area contributed by atoms with Crippen molar-refractivity contribution >= 4 is 28.7 Å². The summed E-state index contributed by atoms with van der Waals surface area (Å²) in [5.74, 6) is 0.817. The van der Waals surface area contributed by atoms with Crippen molar-refractivity contribution in [2.75, 3.05) is 13.2 Å². The standard InChI is InChI=1S/C10H12INO3/c11-8-3-1-4-9(7-8)15-6-2-5-12-10(13)14/h1,3-4,7,12H,2,5-6H2,(H,13,14). The minimum atomic E-state index is -0.996. The number of benzene rings is 1. The molecule has 0 unspecified atom stereocenters. The van der Waals surface area contributed by atoms with Gasteiger partial charge in [-0.15, -0.1) is 0 Å². The molecule has 15 heavy (non-hydrogen) atoms. The van der Waals surface area contributed by atoms with Crippen molar-refractivity contribution in [3.8, 4) is 5.75 Å². The average molecular weight is 321 g/mol. The van der Waals surface area contributed by atoms with Crippen molar-refractivity contribution in [1.82, 2.24) is 5.32 Å². The molecule has 0 aliphatic rings. The van der Waals surface area contributed by atoms with E-state index in [0.717, 1.165) is 9.32 Å². The highest BCUT2D eigenvalue weighted by Gasteiger charge is 1.96. The van der Waals surface area contributed by atoms with Crippen LogP contribution in [0.15, 0.2) is 24.3 Å². The first-order chi connectivity index (χ1) is 7.18. The van der Waals surface area contributed by atoms with Crippen LogP contribution in [0.1, 0.15) is 6.42 Å². The fourth-order valence-corrected chi connectivity index (χ4v) is 1.53. The van der Waals surface area contributed by atoms with Gasteiger partial charge in [0.2, 0.25) is 0 Å². The van der Waals surface area contributed by atoms with Crippen LogP contribution in [-0.4, -0.2) is 24.4 Å². The summed E-state index contributed by atoms with van der Waals surface area (Å²) in [6.45, 7) is 0.930. The molecule has 0 heterocycles. The molecule has 1 rings (SSSR count). The molecule has 0 aliphatic carbocycles. The monoisotopic (exact) mass is 321 g/mol. The maximum absolute atomic E-state index is 10.1. The molecule has 1 aromatic carbocycles. The van der Waals surface area contributed by atoms with Crippen molar-refractivity contribution in [3.63, 3.8) is 0 Å². The molecular weight excluding hydrogens is 309 g/mol. The SMILES string of the molecule is O=C(O)NCCCOc1cccc(I)c1. The van der Waals surface area contributed by atoms with Crippen molar-refractivity contribution in [3.05, 3.63) is 27.8 Å². The normalized spacial score (nSPS) is 9.67. The molecule has 0 atom stereocenters. The minimum Gasteiger partial charge on any atom is -0.493 e. The summed E-state index contributed by atoms with van der Waals surface area (Å²) in [5, 5.41) is 10.6. The zero-order valence-corrected chi connectivity index (χ0v) is 10.2. The molecule has 0 fully saturated rings. The fourth-order valence-electron chi connectivity index (χ4n) is 1.01. The second-order valence-electron chi connectivity index (χ2n) is 2.89. The quantitative estimate of drug-likeness (QED) is 0.646. The summed E-state index contributed by atoms with van der Waals surface area (Å²) in [4.78, 5) is 10.1. The summed E-state index contributed by atoms with van der Waals surface area (Å²) < 4.78 is 6.55. The van der Waals surface area contributed by atoms with E-state index in [0.29, 0.717) is 19.6 Å². The lowest BCUT2D eigenvalue weighted by Gasteiger charge is -2.06. The molecule has 5 heteroatoms. The predicted molar refractivity (Wildman–Crippen MR) is 65.3 cm³/mol. The van der Waals surface area contributed by atoms with Crippen molar-refractivity contribution in [2.45, 2.75) is 6.42 Å². The Kier molecular flexibility index (Phi) is 5.23. The molecule has 0 saturated heterocycles. The molecule has 1 amide bonds. The molecule has 0 radical (unpaired) electrons. The van der Waals surface area contributed by atoms with Crippen LogP contribution in [0, 0.1) is 3.57 Å². The maximum atomic E-state index is 10.1. The van der Waals surface area contributed by atoms with E-state index in [2.05, 4.69) is 27.9 Å². The van der Waals surface area contributed by atoms with Gasteiger partial charge in [-0.3, -0.25) is 0 Å². The highest BCUT2D eigenvalue weighted by molar-refractivity contribution is 14.1. The number of nitrogens with one attached hydrogen (secondary N) is 1. The van der Waals surface area contributed by atoms with Gasteiger partial charge in [0.1, 0.15) is 5.75 Å². The third kappa shape index (κ3) is 5.46. The number of amides is 1. The summed E-state index contributed by atoms with van der Waals surface area (Å²) in [6.07, 6.45) is -0.332. The number of halogens is 1. The summed E-state index contributed by atoms with van der Waals surface area (Å²) in [6, 6.07) is 7.73. The van der Waals surface area contributed by atoms with Crippen LogP contribution in [0.2, 0.25) is 0 Å². The van der Waals surface area contributed by atoms with Gasteiger partial charge in [0.25, 0.3) is 0 Å². The predicted octanol–water partition coefficient (Wildman–Crippen LogP) is 2.33. The van der Waals surface area contributed by atoms with Crippen molar-refractivity contribution < 1.29 is 14.6 Å². The topological polar surface area (TPSA) is 58.6 Å². The Balaban J connectivity index is 2.17. The van der Waals surface area contributed by atoms with Gasteiger partial charge >= 0.3 is 6.09 Å². The zero-order chi connectivity index (χ0) is 11.1. The lowest BCUT2D eigenvalue weighted by Crippen LogP contribution is -2.23. The highest BCUT2D eigenvalue weighted by atomic mass is 127. The van der Waals surface area contributed by atoms with E-state index in [9.17, 15) is 4.79 Å². The van der Waals surface area contributed by atoms with Crippen LogP contribution in [0.5, 0.6) is 5.75 Å². The summed E-state index contributed by atoms with van der Waals surface area (Å²) in [7, 11) is 0. The number of ether oxygens (including phenoxy) is 1. The lowest BCUT2D eigenvalue weighted by molar-refractivity contribution is 0.193. The molecule has 1 aromatic rings.